The topological polar surface area (TPSA) is 54.5 Å². The predicted octanol–water partition coefficient (Wildman–Crippen LogP) is 1.46. The van der Waals surface area contributed by atoms with Crippen LogP contribution in [0.4, 0.5) is 0 Å². The number of hydrogen-bond acceptors (Lipinski definition) is 3. The molecule has 0 N–H and O–H groups in total. The highest BCUT2D eigenvalue weighted by atomic mass is 32.2. The van der Waals surface area contributed by atoms with Crippen molar-refractivity contribution in [1.82, 2.24) is 4.90 Å². The summed E-state index contributed by atoms with van der Waals surface area (Å²) >= 11 is 0. The van der Waals surface area contributed by atoms with E-state index in [2.05, 4.69) is 0 Å². The summed E-state index contributed by atoms with van der Waals surface area (Å²) in [5, 5.41) is 0. The molecule has 0 aromatic heterocycles. The Morgan fingerprint density at radius 2 is 1.88 bits per heavy atom. The highest BCUT2D eigenvalue weighted by Gasteiger charge is 2.29. The first-order valence-corrected chi connectivity index (χ1v) is 8.16. The maximum Gasteiger partial charge on any atom is 0.225 e. The standard InChI is InChI=1S/C12H23NO3S/c1-4-17(15,16)9-10(2)13(3)12(14)11-7-5-6-8-11/h10-11H,4-9H2,1-3H3. The van der Waals surface area contributed by atoms with Gasteiger partial charge < -0.3 is 4.90 Å². The molecule has 5 heteroatoms. The fraction of sp³-hybridized carbons (Fsp3) is 0.917. The Hall–Kier alpha value is -0.580. The monoisotopic (exact) mass is 261 g/mol. The fourth-order valence-corrected chi connectivity index (χ4v) is 3.47. The van der Waals surface area contributed by atoms with Gasteiger partial charge in [0.1, 0.15) is 0 Å². The zero-order valence-corrected chi connectivity index (χ0v) is 11.8. The molecule has 1 atom stereocenters. The van der Waals surface area contributed by atoms with Crippen molar-refractivity contribution in [2.75, 3.05) is 18.6 Å². The minimum absolute atomic E-state index is 0.0679. The normalized spacial score (nSPS) is 19.2. The number of carbonyl (C=O) groups is 1. The molecular weight excluding hydrogens is 238 g/mol. The Morgan fingerprint density at radius 1 is 1.35 bits per heavy atom. The van der Waals surface area contributed by atoms with E-state index < -0.39 is 9.84 Å². The van der Waals surface area contributed by atoms with Gasteiger partial charge in [0.05, 0.1) is 5.75 Å². The van der Waals surface area contributed by atoms with Gasteiger partial charge in [-0.2, -0.15) is 0 Å². The van der Waals surface area contributed by atoms with E-state index in [1.165, 1.54) is 0 Å². The fourth-order valence-electron chi connectivity index (χ4n) is 2.28. The van der Waals surface area contributed by atoms with E-state index in [4.69, 9.17) is 0 Å². The summed E-state index contributed by atoms with van der Waals surface area (Å²) in [6.07, 6.45) is 4.14. The number of amides is 1. The van der Waals surface area contributed by atoms with Crippen molar-refractivity contribution in [3.8, 4) is 0 Å². The summed E-state index contributed by atoms with van der Waals surface area (Å²) in [4.78, 5) is 13.7. The lowest BCUT2D eigenvalue weighted by atomic mass is 10.1. The van der Waals surface area contributed by atoms with Crippen LogP contribution in [0.25, 0.3) is 0 Å². The molecule has 0 aliphatic heterocycles. The van der Waals surface area contributed by atoms with Crippen LogP contribution in [-0.2, 0) is 14.6 Å². The molecule has 0 radical (unpaired) electrons. The van der Waals surface area contributed by atoms with Crippen molar-refractivity contribution in [1.29, 1.82) is 0 Å². The third-order valence-electron chi connectivity index (χ3n) is 3.65. The van der Waals surface area contributed by atoms with Gasteiger partial charge in [0, 0.05) is 24.8 Å². The van der Waals surface area contributed by atoms with Gasteiger partial charge in [-0.15, -0.1) is 0 Å². The third-order valence-corrected chi connectivity index (χ3v) is 5.52. The van der Waals surface area contributed by atoms with E-state index in [1.807, 2.05) is 0 Å². The minimum atomic E-state index is -3.01. The first kappa shape index (κ1) is 14.5. The quantitative estimate of drug-likeness (QED) is 0.753. The summed E-state index contributed by atoms with van der Waals surface area (Å²) in [5.41, 5.74) is 0. The molecule has 17 heavy (non-hydrogen) atoms. The Labute approximate surface area is 104 Å². The van der Waals surface area contributed by atoms with Crippen LogP contribution in [0.15, 0.2) is 0 Å². The van der Waals surface area contributed by atoms with Crippen molar-refractivity contribution in [3.05, 3.63) is 0 Å². The Kier molecular flexibility index (Phi) is 4.98. The highest BCUT2D eigenvalue weighted by Crippen LogP contribution is 2.26. The first-order chi connectivity index (χ1) is 7.87. The van der Waals surface area contributed by atoms with Gasteiger partial charge >= 0.3 is 0 Å². The molecule has 0 heterocycles. The molecule has 1 rings (SSSR count). The lowest BCUT2D eigenvalue weighted by Gasteiger charge is -2.27. The smallest absolute Gasteiger partial charge is 0.225 e. The predicted molar refractivity (Wildman–Crippen MR) is 68.5 cm³/mol. The van der Waals surface area contributed by atoms with Crippen molar-refractivity contribution < 1.29 is 13.2 Å². The molecule has 1 fully saturated rings. The third kappa shape index (κ3) is 3.98. The van der Waals surface area contributed by atoms with Crippen molar-refractivity contribution in [2.45, 2.75) is 45.6 Å². The summed E-state index contributed by atoms with van der Waals surface area (Å²) in [5.74, 6) is 0.439. The maximum absolute atomic E-state index is 12.1. The van der Waals surface area contributed by atoms with Gasteiger partial charge in [-0.25, -0.2) is 8.42 Å². The molecule has 0 aromatic carbocycles. The van der Waals surface area contributed by atoms with Crippen LogP contribution < -0.4 is 0 Å². The molecule has 100 valence electrons. The van der Waals surface area contributed by atoms with Gasteiger partial charge in [-0.05, 0) is 19.8 Å². The lowest BCUT2D eigenvalue weighted by molar-refractivity contribution is -0.135. The van der Waals surface area contributed by atoms with E-state index in [-0.39, 0.29) is 29.4 Å². The van der Waals surface area contributed by atoms with Gasteiger partial charge in [0.25, 0.3) is 0 Å². The van der Waals surface area contributed by atoms with Crippen LogP contribution in [0.1, 0.15) is 39.5 Å². The van der Waals surface area contributed by atoms with Crippen LogP contribution in [0, 0.1) is 5.92 Å². The minimum Gasteiger partial charge on any atom is -0.342 e. The second-order valence-electron chi connectivity index (χ2n) is 4.98. The van der Waals surface area contributed by atoms with Crippen LogP contribution >= 0.6 is 0 Å². The molecule has 4 nitrogen and oxygen atoms in total. The average Bonchev–Trinajstić information content (AvgIpc) is 2.80. The zero-order chi connectivity index (χ0) is 13.1. The van der Waals surface area contributed by atoms with E-state index in [9.17, 15) is 13.2 Å². The van der Waals surface area contributed by atoms with Gasteiger partial charge in [0.2, 0.25) is 5.91 Å². The number of hydrogen-bond donors (Lipinski definition) is 0. The SMILES string of the molecule is CCS(=O)(=O)CC(C)N(C)C(=O)C1CCCC1. The van der Waals surface area contributed by atoms with Crippen molar-refractivity contribution in [2.24, 2.45) is 5.92 Å². The van der Waals surface area contributed by atoms with Crippen LogP contribution in [0.5, 0.6) is 0 Å². The molecule has 1 saturated carbocycles. The second kappa shape index (κ2) is 5.85. The molecule has 1 amide bonds. The van der Waals surface area contributed by atoms with Gasteiger partial charge in [0.15, 0.2) is 9.84 Å². The van der Waals surface area contributed by atoms with Gasteiger partial charge in [-0.3, -0.25) is 4.79 Å². The molecule has 1 aliphatic rings. The molecule has 0 bridgehead atoms. The average molecular weight is 261 g/mol. The summed E-state index contributed by atoms with van der Waals surface area (Å²) in [6, 6.07) is -0.229. The number of rotatable bonds is 5. The molecular formula is C12H23NO3S. The highest BCUT2D eigenvalue weighted by molar-refractivity contribution is 7.91. The Balaban J connectivity index is 2.56. The molecule has 0 spiro atoms. The number of nitrogens with zero attached hydrogens (tertiary/aromatic N) is 1. The maximum atomic E-state index is 12.1. The molecule has 0 aromatic rings. The van der Waals surface area contributed by atoms with E-state index in [0.29, 0.717) is 0 Å². The lowest BCUT2D eigenvalue weighted by Crippen LogP contribution is -2.42. The summed E-state index contributed by atoms with van der Waals surface area (Å²) in [6.45, 7) is 3.45. The van der Waals surface area contributed by atoms with E-state index in [1.54, 1.807) is 25.8 Å². The van der Waals surface area contributed by atoms with Crippen molar-refractivity contribution >= 4 is 15.7 Å². The largest absolute Gasteiger partial charge is 0.342 e. The molecule has 1 unspecified atom stereocenters. The molecule has 0 saturated heterocycles. The van der Waals surface area contributed by atoms with E-state index in [0.717, 1.165) is 25.7 Å². The Morgan fingerprint density at radius 3 is 2.35 bits per heavy atom. The Bertz CT molecular complexity index is 358. The number of carbonyl (C=O) groups excluding carboxylic acids is 1. The van der Waals surface area contributed by atoms with E-state index >= 15 is 0 Å². The second-order valence-corrected chi connectivity index (χ2v) is 7.38. The summed E-state index contributed by atoms with van der Waals surface area (Å²) in [7, 11) is -1.30. The molecule has 1 aliphatic carbocycles. The number of sulfone groups is 1. The van der Waals surface area contributed by atoms with Crippen molar-refractivity contribution in [3.63, 3.8) is 0 Å². The van der Waals surface area contributed by atoms with Crippen LogP contribution in [0.2, 0.25) is 0 Å². The zero-order valence-electron chi connectivity index (χ0n) is 11.0. The summed E-state index contributed by atoms with van der Waals surface area (Å²) < 4.78 is 23.0. The van der Waals surface area contributed by atoms with Gasteiger partial charge in [-0.1, -0.05) is 19.8 Å². The first-order valence-electron chi connectivity index (χ1n) is 6.34. The van der Waals surface area contributed by atoms with Crippen LogP contribution in [0.3, 0.4) is 0 Å². The van der Waals surface area contributed by atoms with Crippen LogP contribution in [-0.4, -0.2) is 43.8 Å².